The minimum atomic E-state index is -0.350. The first-order valence-electron chi connectivity index (χ1n) is 4.94. The molecule has 2 amide bonds. The van der Waals surface area contributed by atoms with E-state index < -0.39 is 0 Å². The summed E-state index contributed by atoms with van der Waals surface area (Å²) in [6, 6.07) is 8.44. The van der Waals surface area contributed by atoms with Crippen molar-refractivity contribution in [3.05, 3.63) is 47.1 Å². The van der Waals surface area contributed by atoms with Crippen LogP contribution in [0.5, 0.6) is 0 Å². The SMILES string of the molecule is O=C(NCc1ccc(Cl)cc1)Nc1ccno1. The Morgan fingerprint density at radius 3 is 2.71 bits per heavy atom. The van der Waals surface area contributed by atoms with Crippen molar-refractivity contribution in [1.29, 1.82) is 0 Å². The smallest absolute Gasteiger partial charge is 0.321 e. The van der Waals surface area contributed by atoms with Crippen LogP contribution in [-0.2, 0) is 6.54 Å². The Hall–Kier alpha value is -2.01. The van der Waals surface area contributed by atoms with Gasteiger partial charge in [-0.3, -0.25) is 5.32 Å². The number of hydrogen-bond donors (Lipinski definition) is 2. The summed E-state index contributed by atoms with van der Waals surface area (Å²) in [5.41, 5.74) is 0.960. The molecule has 1 heterocycles. The number of nitrogens with one attached hydrogen (secondary N) is 2. The van der Waals surface area contributed by atoms with Crippen molar-refractivity contribution in [2.45, 2.75) is 6.54 Å². The number of anilines is 1. The first kappa shape index (κ1) is 11.5. The van der Waals surface area contributed by atoms with E-state index in [1.165, 1.54) is 6.20 Å². The van der Waals surface area contributed by atoms with E-state index in [1.807, 2.05) is 12.1 Å². The third-order valence-corrected chi connectivity index (χ3v) is 2.29. The highest BCUT2D eigenvalue weighted by Crippen LogP contribution is 2.09. The van der Waals surface area contributed by atoms with Crippen LogP contribution >= 0.6 is 11.6 Å². The molecular weight excluding hydrogens is 242 g/mol. The molecule has 0 spiro atoms. The molecule has 0 aliphatic heterocycles. The lowest BCUT2D eigenvalue weighted by Crippen LogP contribution is -2.27. The van der Waals surface area contributed by atoms with Gasteiger partial charge in [0.25, 0.3) is 0 Å². The predicted octanol–water partition coefficient (Wildman–Crippen LogP) is 2.65. The largest absolute Gasteiger partial charge is 0.338 e. The van der Waals surface area contributed by atoms with Crippen LogP contribution in [0.15, 0.2) is 41.1 Å². The van der Waals surface area contributed by atoms with Gasteiger partial charge in [-0.05, 0) is 17.7 Å². The zero-order valence-corrected chi connectivity index (χ0v) is 9.57. The van der Waals surface area contributed by atoms with Crippen molar-refractivity contribution in [3.8, 4) is 0 Å². The van der Waals surface area contributed by atoms with Crippen molar-refractivity contribution in [2.24, 2.45) is 0 Å². The van der Waals surface area contributed by atoms with E-state index in [-0.39, 0.29) is 6.03 Å². The lowest BCUT2D eigenvalue weighted by molar-refractivity contribution is 0.251. The first-order chi connectivity index (χ1) is 8.24. The fourth-order valence-corrected chi connectivity index (χ4v) is 1.35. The van der Waals surface area contributed by atoms with E-state index >= 15 is 0 Å². The predicted molar refractivity (Wildman–Crippen MR) is 63.8 cm³/mol. The summed E-state index contributed by atoms with van der Waals surface area (Å²) in [7, 11) is 0. The lowest BCUT2D eigenvalue weighted by atomic mass is 10.2. The number of urea groups is 1. The van der Waals surface area contributed by atoms with Gasteiger partial charge in [0.1, 0.15) is 0 Å². The fourth-order valence-electron chi connectivity index (χ4n) is 1.22. The Morgan fingerprint density at radius 2 is 2.06 bits per heavy atom. The first-order valence-corrected chi connectivity index (χ1v) is 5.32. The number of rotatable bonds is 3. The number of carbonyl (C=O) groups excluding carboxylic acids is 1. The van der Waals surface area contributed by atoms with Gasteiger partial charge in [-0.1, -0.05) is 28.9 Å². The normalized spacial score (nSPS) is 9.94. The Kier molecular flexibility index (Phi) is 3.62. The molecule has 17 heavy (non-hydrogen) atoms. The Balaban J connectivity index is 1.82. The number of carbonyl (C=O) groups is 1. The number of halogens is 1. The van der Waals surface area contributed by atoms with Gasteiger partial charge in [-0.25, -0.2) is 4.79 Å². The molecule has 0 unspecified atom stereocenters. The van der Waals surface area contributed by atoms with E-state index in [1.54, 1.807) is 18.2 Å². The van der Waals surface area contributed by atoms with Crippen molar-refractivity contribution < 1.29 is 9.32 Å². The molecule has 2 rings (SSSR count). The second kappa shape index (κ2) is 5.36. The standard InChI is InChI=1S/C11H10ClN3O2/c12-9-3-1-8(2-4-9)7-13-11(16)15-10-5-6-14-17-10/h1-6H,7H2,(H2,13,15,16). The maximum atomic E-state index is 11.4. The third-order valence-electron chi connectivity index (χ3n) is 2.04. The van der Waals surface area contributed by atoms with Gasteiger partial charge in [-0.2, -0.15) is 0 Å². The number of hydrogen-bond acceptors (Lipinski definition) is 3. The highest BCUT2D eigenvalue weighted by molar-refractivity contribution is 6.30. The molecule has 2 aromatic rings. The molecule has 2 N–H and O–H groups in total. The molecule has 0 fully saturated rings. The van der Waals surface area contributed by atoms with Crippen molar-refractivity contribution >= 4 is 23.5 Å². The zero-order chi connectivity index (χ0) is 12.1. The molecule has 6 heteroatoms. The summed E-state index contributed by atoms with van der Waals surface area (Å²) < 4.78 is 4.73. The molecule has 0 atom stereocenters. The second-order valence-electron chi connectivity index (χ2n) is 3.31. The minimum Gasteiger partial charge on any atom is -0.338 e. The van der Waals surface area contributed by atoms with E-state index in [0.29, 0.717) is 17.5 Å². The summed E-state index contributed by atoms with van der Waals surface area (Å²) in [6.07, 6.45) is 1.45. The minimum absolute atomic E-state index is 0.304. The second-order valence-corrected chi connectivity index (χ2v) is 3.75. The molecule has 1 aromatic heterocycles. The maximum absolute atomic E-state index is 11.4. The van der Waals surface area contributed by atoms with E-state index in [0.717, 1.165) is 5.56 Å². The van der Waals surface area contributed by atoms with Crippen LogP contribution < -0.4 is 10.6 Å². The number of nitrogens with zero attached hydrogens (tertiary/aromatic N) is 1. The van der Waals surface area contributed by atoms with E-state index in [9.17, 15) is 4.79 Å². The molecule has 0 radical (unpaired) electrons. The number of amides is 2. The molecule has 88 valence electrons. The lowest BCUT2D eigenvalue weighted by Gasteiger charge is -2.05. The van der Waals surface area contributed by atoms with Gasteiger partial charge in [0.2, 0.25) is 5.88 Å². The highest BCUT2D eigenvalue weighted by Gasteiger charge is 2.03. The van der Waals surface area contributed by atoms with Crippen LogP contribution in [-0.4, -0.2) is 11.2 Å². The van der Waals surface area contributed by atoms with Gasteiger partial charge >= 0.3 is 6.03 Å². The molecule has 0 bridgehead atoms. The quantitative estimate of drug-likeness (QED) is 0.881. The molecule has 0 saturated heterocycles. The van der Waals surface area contributed by atoms with Crippen molar-refractivity contribution in [2.75, 3.05) is 5.32 Å². The van der Waals surface area contributed by atoms with Gasteiger partial charge in [0.05, 0.1) is 6.20 Å². The third kappa shape index (κ3) is 3.49. The summed E-state index contributed by atoms with van der Waals surface area (Å²) in [4.78, 5) is 11.4. The molecule has 0 aliphatic carbocycles. The molecular formula is C11H10ClN3O2. The van der Waals surface area contributed by atoms with Gasteiger partial charge in [0.15, 0.2) is 0 Å². The fraction of sp³-hybridized carbons (Fsp3) is 0.0909. The summed E-state index contributed by atoms with van der Waals surface area (Å²) >= 11 is 5.75. The summed E-state index contributed by atoms with van der Waals surface area (Å²) in [6.45, 7) is 0.414. The Bertz CT molecular complexity index is 482. The van der Waals surface area contributed by atoms with Crippen molar-refractivity contribution in [1.82, 2.24) is 10.5 Å². The van der Waals surface area contributed by atoms with Gasteiger partial charge < -0.3 is 9.84 Å². The molecule has 1 aromatic carbocycles. The summed E-state index contributed by atoms with van der Waals surface area (Å²) in [5, 5.41) is 9.31. The average Bonchev–Trinajstić information content (AvgIpc) is 2.81. The van der Waals surface area contributed by atoms with Crippen LogP contribution in [0.2, 0.25) is 5.02 Å². The van der Waals surface area contributed by atoms with E-state index in [2.05, 4.69) is 15.8 Å². The number of benzene rings is 1. The molecule has 0 aliphatic rings. The van der Waals surface area contributed by atoms with Crippen LogP contribution in [0.4, 0.5) is 10.7 Å². The van der Waals surface area contributed by atoms with Crippen molar-refractivity contribution in [3.63, 3.8) is 0 Å². The van der Waals surface area contributed by atoms with E-state index in [4.69, 9.17) is 16.1 Å². The van der Waals surface area contributed by atoms with Crippen LogP contribution in [0.3, 0.4) is 0 Å². The topological polar surface area (TPSA) is 67.2 Å². The van der Waals surface area contributed by atoms with Gasteiger partial charge in [0, 0.05) is 17.6 Å². The van der Waals surface area contributed by atoms with Crippen LogP contribution in [0.1, 0.15) is 5.56 Å². The van der Waals surface area contributed by atoms with Gasteiger partial charge in [-0.15, -0.1) is 0 Å². The number of aromatic nitrogens is 1. The molecule has 0 saturated carbocycles. The highest BCUT2D eigenvalue weighted by atomic mass is 35.5. The average molecular weight is 252 g/mol. The molecule has 5 nitrogen and oxygen atoms in total. The monoisotopic (exact) mass is 251 g/mol. The van der Waals surface area contributed by atoms with Crippen LogP contribution in [0, 0.1) is 0 Å². The Morgan fingerprint density at radius 1 is 1.29 bits per heavy atom. The Labute approximate surface area is 103 Å². The zero-order valence-electron chi connectivity index (χ0n) is 8.81. The van der Waals surface area contributed by atoms with Crippen LogP contribution in [0.25, 0.3) is 0 Å². The maximum Gasteiger partial charge on any atom is 0.321 e. The summed E-state index contributed by atoms with van der Waals surface area (Å²) in [5.74, 6) is 0.304.